The molecule has 2 N–H and O–H groups in total. The van der Waals surface area contributed by atoms with Crippen LogP contribution in [0.2, 0.25) is 0 Å². The molecule has 2 rings (SSSR count). The molecule has 0 aliphatic heterocycles. The molecule has 0 radical (unpaired) electrons. The molecule has 1 amide bonds. The van der Waals surface area contributed by atoms with E-state index in [1.54, 1.807) is 30.3 Å². The van der Waals surface area contributed by atoms with Crippen molar-refractivity contribution in [3.63, 3.8) is 0 Å². The Hall–Kier alpha value is -2.00. The maximum absolute atomic E-state index is 12.0. The minimum absolute atomic E-state index is 0.0186. The fourth-order valence-electron chi connectivity index (χ4n) is 1.71. The van der Waals surface area contributed by atoms with Crippen molar-refractivity contribution in [2.75, 3.05) is 5.32 Å². The van der Waals surface area contributed by atoms with Gasteiger partial charge in [-0.3, -0.25) is 4.79 Å². The van der Waals surface area contributed by atoms with Crippen LogP contribution in [0.25, 0.3) is 0 Å². The molecule has 0 bridgehead atoms. The first kappa shape index (κ1) is 13.4. The van der Waals surface area contributed by atoms with Crippen LogP contribution in [-0.2, 0) is 5.88 Å². The highest BCUT2D eigenvalue weighted by atomic mass is 35.5. The number of aromatic hydroxyl groups is 1. The van der Waals surface area contributed by atoms with E-state index in [0.717, 1.165) is 11.1 Å². The Bertz CT molecular complexity index is 594. The molecule has 2 aromatic carbocycles. The predicted octanol–water partition coefficient (Wildman–Crippen LogP) is 3.69. The minimum Gasteiger partial charge on any atom is -0.507 e. The first-order valence-corrected chi connectivity index (χ1v) is 6.39. The van der Waals surface area contributed by atoms with Crippen LogP contribution >= 0.6 is 11.6 Å². The smallest absolute Gasteiger partial charge is 0.259 e. The summed E-state index contributed by atoms with van der Waals surface area (Å²) >= 11 is 5.70. The molecule has 98 valence electrons. The predicted molar refractivity (Wildman–Crippen MR) is 76.8 cm³/mol. The van der Waals surface area contributed by atoms with Crippen LogP contribution < -0.4 is 5.32 Å². The van der Waals surface area contributed by atoms with Gasteiger partial charge < -0.3 is 10.4 Å². The third kappa shape index (κ3) is 3.26. The Balaban J connectivity index is 2.15. The number of aryl methyl sites for hydroxylation is 1. The molecular formula is C15H14ClNO2. The van der Waals surface area contributed by atoms with Crippen molar-refractivity contribution in [1.82, 2.24) is 0 Å². The number of halogens is 1. The number of hydrogen-bond acceptors (Lipinski definition) is 2. The van der Waals surface area contributed by atoms with E-state index in [-0.39, 0.29) is 17.2 Å². The van der Waals surface area contributed by atoms with Gasteiger partial charge in [0.2, 0.25) is 0 Å². The summed E-state index contributed by atoms with van der Waals surface area (Å²) in [5, 5.41) is 12.5. The second kappa shape index (κ2) is 5.76. The molecule has 2 aromatic rings. The third-order valence-corrected chi connectivity index (χ3v) is 3.07. The van der Waals surface area contributed by atoms with E-state index in [4.69, 9.17) is 11.6 Å². The summed E-state index contributed by atoms with van der Waals surface area (Å²) in [4.78, 5) is 12.0. The number of benzene rings is 2. The zero-order chi connectivity index (χ0) is 13.8. The molecule has 0 aromatic heterocycles. The van der Waals surface area contributed by atoms with Gasteiger partial charge in [0.1, 0.15) is 5.75 Å². The summed E-state index contributed by atoms with van der Waals surface area (Å²) in [6.45, 7) is 1.85. The van der Waals surface area contributed by atoms with Gasteiger partial charge in [-0.1, -0.05) is 18.2 Å². The van der Waals surface area contributed by atoms with Gasteiger partial charge in [-0.15, -0.1) is 11.6 Å². The fraction of sp³-hybridized carbons (Fsp3) is 0.133. The number of hydrogen-bond donors (Lipinski definition) is 2. The summed E-state index contributed by atoms with van der Waals surface area (Å²) in [6, 6.07) is 12.2. The molecule has 0 saturated carbocycles. The summed E-state index contributed by atoms with van der Waals surface area (Å²) in [7, 11) is 0. The van der Waals surface area contributed by atoms with Gasteiger partial charge in [0.15, 0.2) is 0 Å². The van der Waals surface area contributed by atoms with Gasteiger partial charge in [0.25, 0.3) is 5.91 Å². The topological polar surface area (TPSA) is 49.3 Å². The van der Waals surface area contributed by atoms with E-state index in [1.807, 2.05) is 19.1 Å². The maximum Gasteiger partial charge on any atom is 0.259 e. The molecule has 4 heteroatoms. The Labute approximate surface area is 116 Å². The number of anilines is 1. The van der Waals surface area contributed by atoms with Crippen LogP contribution in [0.3, 0.4) is 0 Å². The first-order valence-electron chi connectivity index (χ1n) is 5.86. The second-order valence-electron chi connectivity index (χ2n) is 4.31. The number of nitrogens with one attached hydrogen (secondary N) is 1. The third-order valence-electron chi connectivity index (χ3n) is 2.76. The lowest BCUT2D eigenvalue weighted by Gasteiger charge is -2.08. The lowest BCUT2D eigenvalue weighted by atomic mass is 10.1. The van der Waals surface area contributed by atoms with Crippen LogP contribution in [0.15, 0.2) is 42.5 Å². The highest BCUT2D eigenvalue weighted by Crippen LogP contribution is 2.20. The van der Waals surface area contributed by atoms with Crippen LogP contribution in [0.4, 0.5) is 5.69 Å². The number of phenolic OH excluding ortho intramolecular Hbond substituents is 1. The molecule has 0 fully saturated rings. The summed E-state index contributed by atoms with van der Waals surface area (Å²) in [6.07, 6.45) is 0. The highest BCUT2D eigenvalue weighted by Gasteiger charge is 2.11. The lowest BCUT2D eigenvalue weighted by molar-refractivity contribution is 0.102. The number of carbonyl (C=O) groups excluding carboxylic acids is 1. The number of phenols is 1. The number of amides is 1. The van der Waals surface area contributed by atoms with Gasteiger partial charge in [-0.25, -0.2) is 0 Å². The number of carbonyl (C=O) groups is 1. The molecule has 0 atom stereocenters. The molecule has 0 unspecified atom stereocenters. The average Bonchev–Trinajstić information content (AvgIpc) is 2.39. The van der Waals surface area contributed by atoms with Crippen molar-refractivity contribution in [2.24, 2.45) is 0 Å². The van der Waals surface area contributed by atoms with Crippen molar-refractivity contribution in [2.45, 2.75) is 12.8 Å². The zero-order valence-corrected chi connectivity index (χ0v) is 11.2. The minimum atomic E-state index is -0.337. The number of alkyl halides is 1. The van der Waals surface area contributed by atoms with Crippen LogP contribution in [0.5, 0.6) is 5.75 Å². The summed E-state index contributed by atoms with van der Waals surface area (Å²) in [5.41, 5.74) is 2.81. The van der Waals surface area contributed by atoms with Gasteiger partial charge in [0.05, 0.1) is 5.56 Å². The molecule has 0 aliphatic rings. The lowest BCUT2D eigenvalue weighted by Crippen LogP contribution is -2.12. The van der Waals surface area contributed by atoms with E-state index < -0.39 is 0 Å². The van der Waals surface area contributed by atoms with Crippen LogP contribution in [0, 0.1) is 6.92 Å². The van der Waals surface area contributed by atoms with E-state index in [0.29, 0.717) is 11.6 Å². The average molecular weight is 276 g/mol. The standard InChI is InChI=1S/C15H14ClNO2/c1-10-2-7-13(14(18)8-10)15(19)17-12-5-3-11(9-16)4-6-12/h2-8,18H,9H2,1H3,(H,17,19). The van der Waals surface area contributed by atoms with E-state index in [9.17, 15) is 9.90 Å². The second-order valence-corrected chi connectivity index (χ2v) is 4.57. The Morgan fingerprint density at radius 1 is 1.21 bits per heavy atom. The monoisotopic (exact) mass is 275 g/mol. The first-order chi connectivity index (χ1) is 9.10. The van der Waals surface area contributed by atoms with E-state index in [2.05, 4.69) is 5.32 Å². The molecule has 0 heterocycles. The molecule has 0 saturated heterocycles. The zero-order valence-electron chi connectivity index (χ0n) is 10.5. The largest absolute Gasteiger partial charge is 0.507 e. The molecule has 19 heavy (non-hydrogen) atoms. The number of rotatable bonds is 3. The normalized spacial score (nSPS) is 10.2. The van der Waals surface area contributed by atoms with Crippen molar-refractivity contribution in [3.8, 4) is 5.75 Å². The molecular weight excluding hydrogens is 262 g/mol. The molecule has 3 nitrogen and oxygen atoms in total. The van der Waals surface area contributed by atoms with Crippen molar-refractivity contribution in [1.29, 1.82) is 0 Å². The van der Waals surface area contributed by atoms with Gasteiger partial charge in [-0.2, -0.15) is 0 Å². The van der Waals surface area contributed by atoms with Crippen LogP contribution in [-0.4, -0.2) is 11.0 Å². The van der Waals surface area contributed by atoms with E-state index >= 15 is 0 Å². The molecule has 0 aliphatic carbocycles. The SMILES string of the molecule is Cc1ccc(C(=O)Nc2ccc(CCl)cc2)c(O)c1. The van der Waals surface area contributed by atoms with Gasteiger partial charge >= 0.3 is 0 Å². The Morgan fingerprint density at radius 3 is 2.47 bits per heavy atom. The maximum atomic E-state index is 12.0. The summed E-state index contributed by atoms with van der Waals surface area (Å²) < 4.78 is 0. The van der Waals surface area contributed by atoms with Gasteiger partial charge in [0, 0.05) is 11.6 Å². The van der Waals surface area contributed by atoms with Crippen molar-refractivity contribution < 1.29 is 9.90 Å². The van der Waals surface area contributed by atoms with E-state index in [1.165, 1.54) is 0 Å². The van der Waals surface area contributed by atoms with Crippen molar-refractivity contribution in [3.05, 3.63) is 59.2 Å². The summed E-state index contributed by atoms with van der Waals surface area (Å²) in [5.74, 6) is 0.0819. The Morgan fingerprint density at radius 2 is 1.89 bits per heavy atom. The fourth-order valence-corrected chi connectivity index (χ4v) is 1.89. The quantitative estimate of drug-likeness (QED) is 0.839. The molecule has 0 spiro atoms. The van der Waals surface area contributed by atoms with Gasteiger partial charge in [-0.05, 0) is 42.3 Å². The highest BCUT2D eigenvalue weighted by molar-refractivity contribution is 6.17. The Kier molecular flexibility index (Phi) is 4.07. The van der Waals surface area contributed by atoms with Crippen molar-refractivity contribution >= 4 is 23.2 Å². The van der Waals surface area contributed by atoms with Crippen LogP contribution in [0.1, 0.15) is 21.5 Å².